The molecule has 2 rings (SSSR count). The standard InChI is InChI=1S/C15H15NO4S/c1-16(2)15(17)11-8-9-13(14(10-11)21(18)19)20-12-6-4-3-5-7-12/h3-10,21H,1-2H3. The van der Waals surface area contributed by atoms with Crippen molar-refractivity contribution in [3.8, 4) is 11.5 Å². The lowest BCUT2D eigenvalue weighted by molar-refractivity contribution is 0.0827. The zero-order valence-corrected chi connectivity index (χ0v) is 12.5. The summed E-state index contributed by atoms with van der Waals surface area (Å²) in [4.78, 5) is 13.2. The summed E-state index contributed by atoms with van der Waals surface area (Å²) in [5, 5.41) is 0. The van der Waals surface area contributed by atoms with Crippen LogP contribution in [0.2, 0.25) is 0 Å². The molecule has 0 heterocycles. The second-order valence-corrected chi connectivity index (χ2v) is 5.55. The normalized spacial score (nSPS) is 10.4. The van der Waals surface area contributed by atoms with Crippen molar-refractivity contribution >= 4 is 16.6 Å². The number of para-hydroxylation sites is 1. The summed E-state index contributed by atoms with van der Waals surface area (Å²) in [7, 11) is 0.341. The summed E-state index contributed by atoms with van der Waals surface area (Å²) in [5.41, 5.74) is 0.301. The Morgan fingerprint density at radius 1 is 1.05 bits per heavy atom. The van der Waals surface area contributed by atoms with Gasteiger partial charge in [0.05, 0.1) is 0 Å². The summed E-state index contributed by atoms with van der Waals surface area (Å²) in [6.07, 6.45) is 0. The van der Waals surface area contributed by atoms with Crippen molar-refractivity contribution in [2.45, 2.75) is 4.90 Å². The predicted molar refractivity (Wildman–Crippen MR) is 79.6 cm³/mol. The zero-order chi connectivity index (χ0) is 15.4. The van der Waals surface area contributed by atoms with E-state index in [1.54, 1.807) is 44.4 Å². The van der Waals surface area contributed by atoms with Gasteiger partial charge in [-0.25, -0.2) is 8.42 Å². The van der Waals surface area contributed by atoms with Crippen molar-refractivity contribution in [3.63, 3.8) is 0 Å². The molecule has 0 bridgehead atoms. The van der Waals surface area contributed by atoms with Crippen LogP contribution in [0.25, 0.3) is 0 Å². The average Bonchev–Trinajstić information content (AvgIpc) is 2.47. The molecular weight excluding hydrogens is 290 g/mol. The highest BCUT2D eigenvalue weighted by Crippen LogP contribution is 2.27. The molecule has 0 unspecified atom stereocenters. The second kappa shape index (κ2) is 6.41. The molecular formula is C15H15NO4S. The van der Waals surface area contributed by atoms with Gasteiger partial charge in [-0.3, -0.25) is 4.79 Å². The summed E-state index contributed by atoms with van der Waals surface area (Å²) >= 11 is 0. The van der Waals surface area contributed by atoms with Crippen molar-refractivity contribution in [1.82, 2.24) is 4.90 Å². The third kappa shape index (κ3) is 3.61. The Kier molecular flexibility index (Phi) is 4.59. The van der Waals surface area contributed by atoms with Crippen LogP contribution in [-0.2, 0) is 10.7 Å². The molecule has 2 aromatic rings. The van der Waals surface area contributed by atoms with Crippen LogP contribution in [0.1, 0.15) is 10.4 Å². The molecule has 0 saturated carbocycles. The first kappa shape index (κ1) is 15.1. The van der Waals surface area contributed by atoms with E-state index in [4.69, 9.17) is 4.74 Å². The van der Waals surface area contributed by atoms with Crippen molar-refractivity contribution in [2.24, 2.45) is 0 Å². The molecule has 1 amide bonds. The number of hydrogen-bond acceptors (Lipinski definition) is 4. The Labute approximate surface area is 124 Å². The van der Waals surface area contributed by atoms with Crippen LogP contribution >= 0.6 is 0 Å². The number of rotatable bonds is 4. The van der Waals surface area contributed by atoms with E-state index in [0.717, 1.165) is 0 Å². The number of thiol groups is 1. The Morgan fingerprint density at radius 3 is 2.29 bits per heavy atom. The lowest BCUT2D eigenvalue weighted by atomic mass is 10.2. The van der Waals surface area contributed by atoms with Crippen molar-refractivity contribution in [3.05, 3.63) is 54.1 Å². The fourth-order valence-corrected chi connectivity index (χ4v) is 2.30. The van der Waals surface area contributed by atoms with E-state index < -0.39 is 10.7 Å². The Balaban J connectivity index is 2.41. The van der Waals surface area contributed by atoms with Crippen LogP contribution in [0, 0.1) is 0 Å². The number of amides is 1. The first-order chi connectivity index (χ1) is 9.99. The minimum absolute atomic E-state index is 0.0125. The topological polar surface area (TPSA) is 63.7 Å². The van der Waals surface area contributed by atoms with E-state index in [9.17, 15) is 13.2 Å². The molecule has 0 aliphatic heterocycles. The van der Waals surface area contributed by atoms with Crippen LogP contribution in [0.4, 0.5) is 0 Å². The maximum absolute atomic E-state index is 11.9. The molecule has 0 spiro atoms. The van der Waals surface area contributed by atoms with E-state index in [0.29, 0.717) is 11.3 Å². The summed E-state index contributed by atoms with van der Waals surface area (Å²) in [5.74, 6) is 0.467. The molecule has 0 aliphatic carbocycles. The van der Waals surface area contributed by atoms with Gasteiger partial charge in [0.2, 0.25) is 0 Å². The molecule has 0 atom stereocenters. The quantitative estimate of drug-likeness (QED) is 0.879. The van der Waals surface area contributed by atoms with Gasteiger partial charge >= 0.3 is 0 Å². The van der Waals surface area contributed by atoms with Gasteiger partial charge in [0.15, 0.2) is 10.7 Å². The van der Waals surface area contributed by atoms with Crippen LogP contribution in [0.5, 0.6) is 11.5 Å². The van der Waals surface area contributed by atoms with Crippen LogP contribution in [-0.4, -0.2) is 33.3 Å². The van der Waals surface area contributed by atoms with E-state index in [2.05, 4.69) is 0 Å². The average molecular weight is 305 g/mol. The second-order valence-electron chi connectivity index (χ2n) is 4.55. The number of ether oxygens (including phenoxy) is 1. The van der Waals surface area contributed by atoms with Gasteiger partial charge in [0.1, 0.15) is 16.4 Å². The first-order valence-electron chi connectivity index (χ1n) is 6.22. The highest BCUT2D eigenvalue weighted by molar-refractivity contribution is 7.72. The Morgan fingerprint density at radius 2 is 1.71 bits per heavy atom. The molecule has 0 saturated heterocycles. The van der Waals surface area contributed by atoms with Gasteiger partial charge in [-0.2, -0.15) is 0 Å². The van der Waals surface area contributed by atoms with Crippen LogP contribution in [0.3, 0.4) is 0 Å². The predicted octanol–water partition coefficient (Wildman–Crippen LogP) is 2.15. The SMILES string of the molecule is CN(C)C(=O)c1ccc(Oc2ccccc2)c([SH](=O)=O)c1. The number of benzene rings is 2. The molecule has 0 radical (unpaired) electrons. The van der Waals surface area contributed by atoms with E-state index in [-0.39, 0.29) is 16.6 Å². The highest BCUT2D eigenvalue weighted by Gasteiger charge is 2.14. The van der Waals surface area contributed by atoms with Crippen molar-refractivity contribution < 1.29 is 17.9 Å². The molecule has 2 aromatic carbocycles. The monoisotopic (exact) mass is 305 g/mol. The molecule has 6 heteroatoms. The van der Waals surface area contributed by atoms with Gasteiger partial charge in [-0.05, 0) is 30.3 Å². The fraction of sp³-hybridized carbons (Fsp3) is 0.133. The Hall–Kier alpha value is -2.34. The summed E-state index contributed by atoms with van der Waals surface area (Å²) < 4.78 is 28.3. The molecule has 0 fully saturated rings. The van der Waals surface area contributed by atoms with Gasteiger partial charge < -0.3 is 9.64 Å². The minimum atomic E-state index is -2.87. The third-order valence-electron chi connectivity index (χ3n) is 2.78. The van der Waals surface area contributed by atoms with Gasteiger partial charge in [0.25, 0.3) is 5.91 Å². The van der Waals surface area contributed by atoms with Gasteiger partial charge in [0, 0.05) is 19.7 Å². The molecule has 5 nitrogen and oxygen atoms in total. The van der Waals surface area contributed by atoms with E-state index in [1.807, 2.05) is 6.07 Å². The lowest BCUT2D eigenvalue weighted by Crippen LogP contribution is -2.21. The lowest BCUT2D eigenvalue weighted by Gasteiger charge is -2.12. The molecule has 21 heavy (non-hydrogen) atoms. The van der Waals surface area contributed by atoms with Gasteiger partial charge in [-0.15, -0.1) is 0 Å². The molecule has 0 aliphatic rings. The number of nitrogens with zero attached hydrogens (tertiary/aromatic N) is 1. The van der Waals surface area contributed by atoms with Crippen LogP contribution < -0.4 is 4.74 Å². The van der Waals surface area contributed by atoms with E-state index >= 15 is 0 Å². The highest BCUT2D eigenvalue weighted by atomic mass is 32.2. The van der Waals surface area contributed by atoms with E-state index in [1.165, 1.54) is 17.0 Å². The zero-order valence-electron chi connectivity index (χ0n) is 11.6. The maximum atomic E-state index is 11.9. The Bertz CT molecular complexity index is 716. The fourth-order valence-electron chi connectivity index (χ4n) is 1.75. The summed E-state index contributed by atoms with van der Waals surface area (Å²) in [6, 6.07) is 13.2. The smallest absolute Gasteiger partial charge is 0.253 e. The number of hydrogen-bond donors (Lipinski definition) is 1. The minimum Gasteiger partial charge on any atom is -0.456 e. The summed E-state index contributed by atoms with van der Waals surface area (Å²) in [6.45, 7) is 0. The number of carbonyl (C=O) groups excluding carboxylic acids is 1. The molecule has 0 N–H and O–H groups in total. The van der Waals surface area contributed by atoms with Gasteiger partial charge in [-0.1, -0.05) is 18.2 Å². The third-order valence-corrected chi connectivity index (χ3v) is 3.52. The van der Waals surface area contributed by atoms with Crippen molar-refractivity contribution in [2.75, 3.05) is 14.1 Å². The van der Waals surface area contributed by atoms with Crippen LogP contribution in [0.15, 0.2) is 53.4 Å². The molecule has 0 aromatic heterocycles. The first-order valence-corrected chi connectivity index (χ1v) is 7.40. The molecule has 110 valence electrons. The number of carbonyl (C=O) groups is 1. The van der Waals surface area contributed by atoms with Crippen molar-refractivity contribution in [1.29, 1.82) is 0 Å². The maximum Gasteiger partial charge on any atom is 0.253 e. The largest absolute Gasteiger partial charge is 0.456 e.